The first kappa shape index (κ1) is 12.5. The van der Waals surface area contributed by atoms with E-state index in [1.165, 1.54) is 0 Å². The van der Waals surface area contributed by atoms with E-state index >= 15 is 0 Å². The zero-order valence-electron chi connectivity index (χ0n) is 9.27. The molecule has 1 aromatic rings. The molecular formula is C10H15N3O2S. The summed E-state index contributed by atoms with van der Waals surface area (Å²) in [6.45, 7) is 1.69. The van der Waals surface area contributed by atoms with Crippen LogP contribution < -0.4 is 10.0 Å². The average molecular weight is 241 g/mol. The summed E-state index contributed by atoms with van der Waals surface area (Å²) in [5, 5.41) is 7.20. The molecule has 0 unspecified atom stereocenters. The van der Waals surface area contributed by atoms with E-state index in [1.54, 1.807) is 12.1 Å². The molecule has 0 bridgehead atoms. The number of sulfonamides is 1. The predicted octanol–water partition coefficient (Wildman–Crippen LogP) is 0.697. The van der Waals surface area contributed by atoms with Crippen LogP contribution in [0.2, 0.25) is 0 Å². The molecule has 0 aromatic heterocycles. The van der Waals surface area contributed by atoms with Crippen molar-refractivity contribution >= 4 is 21.5 Å². The van der Waals surface area contributed by atoms with Crippen LogP contribution in [0.1, 0.15) is 5.56 Å². The predicted molar refractivity (Wildman–Crippen MR) is 65.3 cm³/mol. The summed E-state index contributed by atoms with van der Waals surface area (Å²) in [4.78, 5) is 0. The number of benzene rings is 1. The maximum atomic E-state index is 11.6. The van der Waals surface area contributed by atoms with Crippen LogP contribution in [0.4, 0.5) is 5.69 Å². The van der Waals surface area contributed by atoms with E-state index in [4.69, 9.17) is 11.1 Å². The van der Waals surface area contributed by atoms with Gasteiger partial charge in [0, 0.05) is 0 Å². The lowest BCUT2D eigenvalue weighted by Gasteiger charge is -2.23. The van der Waals surface area contributed by atoms with Gasteiger partial charge in [0.25, 0.3) is 0 Å². The molecule has 0 amide bonds. The van der Waals surface area contributed by atoms with Gasteiger partial charge in [-0.25, -0.2) is 8.42 Å². The number of rotatable bonds is 4. The second kappa shape index (κ2) is 4.52. The van der Waals surface area contributed by atoms with Crippen LogP contribution in [0, 0.1) is 12.3 Å². The summed E-state index contributed by atoms with van der Waals surface area (Å²) in [5.74, 6) is -0.186. The Labute approximate surface area is 95.4 Å². The number of nitrogens with two attached hydrogens (primary N) is 1. The van der Waals surface area contributed by atoms with Crippen LogP contribution in [-0.2, 0) is 10.0 Å². The molecule has 5 nitrogen and oxygen atoms in total. The molecule has 1 rings (SSSR count). The van der Waals surface area contributed by atoms with Crippen molar-refractivity contribution in [3.8, 4) is 0 Å². The fourth-order valence-electron chi connectivity index (χ4n) is 1.38. The molecule has 1 aromatic carbocycles. The van der Waals surface area contributed by atoms with Gasteiger partial charge >= 0.3 is 0 Å². The van der Waals surface area contributed by atoms with Crippen molar-refractivity contribution in [1.29, 1.82) is 5.41 Å². The lowest BCUT2D eigenvalue weighted by Crippen LogP contribution is -2.37. The van der Waals surface area contributed by atoms with Gasteiger partial charge < -0.3 is 5.73 Å². The number of nitrogens with one attached hydrogen (secondary N) is 1. The highest BCUT2D eigenvalue weighted by Crippen LogP contribution is 2.21. The minimum Gasteiger partial charge on any atom is -0.386 e. The summed E-state index contributed by atoms with van der Waals surface area (Å²) in [6.07, 6.45) is 1.10. The second-order valence-electron chi connectivity index (χ2n) is 3.58. The Kier molecular flexibility index (Phi) is 3.54. The van der Waals surface area contributed by atoms with Crippen LogP contribution in [0.15, 0.2) is 24.3 Å². The highest BCUT2D eigenvalue weighted by molar-refractivity contribution is 7.92. The molecule has 0 aliphatic carbocycles. The Morgan fingerprint density at radius 3 is 2.44 bits per heavy atom. The monoisotopic (exact) mass is 241 g/mol. The SMILES string of the molecule is Cc1ccccc1N(CC(=N)N)S(C)(=O)=O. The van der Waals surface area contributed by atoms with Crippen molar-refractivity contribution in [3.63, 3.8) is 0 Å². The lowest BCUT2D eigenvalue weighted by molar-refractivity contribution is 0.599. The van der Waals surface area contributed by atoms with Gasteiger partial charge in [0.15, 0.2) is 0 Å². The van der Waals surface area contributed by atoms with Crippen molar-refractivity contribution in [2.24, 2.45) is 5.73 Å². The normalized spacial score (nSPS) is 11.1. The molecule has 88 valence electrons. The molecule has 0 saturated carbocycles. The Morgan fingerprint density at radius 1 is 1.44 bits per heavy atom. The third-order valence-electron chi connectivity index (χ3n) is 2.10. The first-order valence-electron chi connectivity index (χ1n) is 4.68. The van der Waals surface area contributed by atoms with Gasteiger partial charge in [0.1, 0.15) is 5.84 Å². The first-order valence-corrected chi connectivity index (χ1v) is 6.53. The number of para-hydroxylation sites is 1. The number of aryl methyl sites for hydroxylation is 1. The van der Waals surface area contributed by atoms with Gasteiger partial charge in [0.2, 0.25) is 10.0 Å². The maximum Gasteiger partial charge on any atom is 0.232 e. The Balaban J connectivity index is 3.22. The van der Waals surface area contributed by atoms with Crippen molar-refractivity contribution in [1.82, 2.24) is 0 Å². The van der Waals surface area contributed by atoms with Crippen molar-refractivity contribution < 1.29 is 8.42 Å². The second-order valence-corrected chi connectivity index (χ2v) is 5.49. The van der Waals surface area contributed by atoms with Crippen molar-refractivity contribution in [2.45, 2.75) is 6.92 Å². The summed E-state index contributed by atoms with van der Waals surface area (Å²) >= 11 is 0. The average Bonchev–Trinajstić information content (AvgIpc) is 2.13. The van der Waals surface area contributed by atoms with Crippen LogP contribution in [0.25, 0.3) is 0 Å². The first-order chi connectivity index (χ1) is 7.32. The van der Waals surface area contributed by atoms with Gasteiger partial charge in [-0.3, -0.25) is 9.71 Å². The van der Waals surface area contributed by atoms with E-state index in [1.807, 2.05) is 19.1 Å². The summed E-state index contributed by atoms with van der Waals surface area (Å²) in [7, 11) is -3.42. The zero-order valence-corrected chi connectivity index (χ0v) is 10.1. The van der Waals surface area contributed by atoms with E-state index < -0.39 is 10.0 Å². The molecule has 0 aliphatic rings. The zero-order chi connectivity index (χ0) is 12.3. The van der Waals surface area contributed by atoms with Crippen LogP contribution in [-0.4, -0.2) is 27.1 Å². The Hall–Kier alpha value is -1.56. The van der Waals surface area contributed by atoms with E-state index in [9.17, 15) is 8.42 Å². The van der Waals surface area contributed by atoms with Crippen LogP contribution in [0.5, 0.6) is 0 Å². The molecule has 0 heterocycles. The fourth-order valence-corrected chi connectivity index (χ4v) is 2.31. The minimum absolute atomic E-state index is 0.121. The summed E-state index contributed by atoms with van der Waals surface area (Å²) in [5.41, 5.74) is 6.64. The maximum absolute atomic E-state index is 11.6. The molecule has 0 radical (unpaired) electrons. The molecule has 0 fully saturated rings. The molecule has 3 N–H and O–H groups in total. The van der Waals surface area contributed by atoms with Gasteiger partial charge in [-0.15, -0.1) is 0 Å². The quantitative estimate of drug-likeness (QED) is 0.600. The summed E-state index contributed by atoms with van der Waals surface area (Å²) < 4.78 is 24.3. The number of nitrogens with zero attached hydrogens (tertiary/aromatic N) is 1. The highest BCUT2D eigenvalue weighted by atomic mass is 32.2. The number of hydrogen-bond donors (Lipinski definition) is 2. The smallest absolute Gasteiger partial charge is 0.232 e. The largest absolute Gasteiger partial charge is 0.386 e. The van der Waals surface area contributed by atoms with Gasteiger partial charge in [-0.05, 0) is 18.6 Å². The van der Waals surface area contributed by atoms with Crippen molar-refractivity contribution in [3.05, 3.63) is 29.8 Å². The van der Waals surface area contributed by atoms with Crippen LogP contribution >= 0.6 is 0 Å². The van der Waals surface area contributed by atoms with Gasteiger partial charge in [-0.1, -0.05) is 18.2 Å². The van der Waals surface area contributed by atoms with E-state index in [2.05, 4.69) is 0 Å². The lowest BCUT2D eigenvalue weighted by atomic mass is 10.2. The topological polar surface area (TPSA) is 87.2 Å². The van der Waals surface area contributed by atoms with E-state index in [0.29, 0.717) is 5.69 Å². The minimum atomic E-state index is -3.42. The molecule has 0 spiro atoms. The standard InChI is InChI=1S/C10H15N3O2S/c1-8-5-3-4-6-9(8)13(7-10(11)12)16(2,14)15/h3-6H,7H2,1-2H3,(H3,11,12). The van der Waals surface area contributed by atoms with E-state index in [0.717, 1.165) is 16.1 Å². The third kappa shape index (κ3) is 2.96. The molecule has 0 aliphatic heterocycles. The van der Waals surface area contributed by atoms with Gasteiger partial charge in [0.05, 0.1) is 18.5 Å². The van der Waals surface area contributed by atoms with E-state index in [-0.39, 0.29) is 12.4 Å². The summed E-state index contributed by atoms with van der Waals surface area (Å²) in [6, 6.07) is 7.08. The molecule has 0 saturated heterocycles. The molecule has 16 heavy (non-hydrogen) atoms. The molecule has 0 atom stereocenters. The Morgan fingerprint density at radius 2 is 2.00 bits per heavy atom. The van der Waals surface area contributed by atoms with Crippen LogP contribution in [0.3, 0.4) is 0 Å². The third-order valence-corrected chi connectivity index (χ3v) is 3.22. The number of hydrogen-bond acceptors (Lipinski definition) is 3. The number of anilines is 1. The van der Waals surface area contributed by atoms with Gasteiger partial charge in [-0.2, -0.15) is 0 Å². The molecule has 6 heteroatoms. The molecular weight excluding hydrogens is 226 g/mol. The number of amidine groups is 1. The van der Waals surface area contributed by atoms with Crippen molar-refractivity contribution in [2.75, 3.05) is 17.1 Å². The Bertz CT molecular complexity index is 497. The highest BCUT2D eigenvalue weighted by Gasteiger charge is 2.19. The fraction of sp³-hybridized carbons (Fsp3) is 0.300.